The fourth-order valence-corrected chi connectivity index (χ4v) is 3.25. The molecule has 2 aromatic carbocycles. The van der Waals surface area contributed by atoms with E-state index in [2.05, 4.69) is 56.3 Å². The molecule has 20 heavy (non-hydrogen) atoms. The summed E-state index contributed by atoms with van der Waals surface area (Å²) in [5, 5.41) is 0. The minimum atomic E-state index is 0.227. The number of hydrogen-bond acceptors (Lipinski definition) is 1. The van der Waals surface area contributed by atoms with Gasteiger partial charge in [0.25, 0.3) is 0 Å². The highest BCUT2D eigenvalue weighted by Crippen LogP contribution is 2.36. The molecule has 3 rings (SSSR count). The topological polar surface area (TPSA) is 26.0 Å². The zero-order chi connectivity index (χ0) is 14.1. The SMILES string of the molecule is CC(C)Cc1ccc(-c2cccc3c2CCC3N)cc1. The Morgan fingerprint density at radius 3 is 2.55 bits per heavy atom. The van der Waals surface area contributed by atoms with Crippen LogP contribution in [-0.2, 0) is 12.8 Å². The monoisotopic (exact) mass is 265 g/mol. The predicted octanol–water partition coefficient (Wildman–Crippen LogP) is 4.50. The van der Waals surface area contributed by atoms with Crippen molar-refractivity contribution in [2.75, 3.05) is 0 Å². The Kier molecular flexibility index (Phi) is 3.62. The first-order valence-electron chi connectivity index (χ1n) is 7.62. The molecule has 0 saturated heterocycles. The van der Waals surface area contributed by atoms with E-state index in [0.717, 1.165) is 19.3 Å². The first-order valence-corrected chi connectivity index (χ1v) is 7.62. The highest BCUT2D eigenvalue weighted by atomic mass is 14.6. The van der Waals surface area contributed by atoms with Crippen molar-refractivity contribution in [3.63, 3.8) is 0 Å². The van der Waals surface area contributed by atoms with Crippen molar-refractivity contribution in [3.8, 4) is 11.1 Å². The highest BCUT2D eigenvalue weighted by molar-refractivity contribution is 5.70. The highest BCUT2D eigenvalue weighted by Gasteiger charge is 2.21. The third kappa shape index (κ3) is 2.51. The van der Waals surface area contributed by atoms with Gasteiger partial charge in [0.2, 0.25) is 0 Å². The van der Waals surface area contributed by atoms with Gasteiger partial charge < -0.3 is 5.73 Å². The minimum Gasteiger partial charge on any atom is -0.324 e. The van der Waals surface area contributed by atoms with Crippen LogP contribution >= 0.6 is 0 Å². The van der Waals surface area contributed by atoms with Crippen LogP contribution in [0.1, 0.15) is 43.0 Å². The Morgan fingerprint density at radius 2 is 1.85 bits per heavy atom. The van der Waals surface area contributed by atoms with Crippen molar-refractivity contribution in [2.45, 2.75) is 39.2 Å². The molecule has 104 valence electrons. The molecule has 1 nitrogen and oxygen atoms in total. The van der Waals surface area contributed by atoms with Gasteiger partial charge in [0.15, 0.2) is 0 Å². The number of nitrogens with two attached hydrogens (primary N) is 1. The van der Waals surface area contributed by atoms with E-state index in [1.165, 1.54) is 27.8 Å². The van der Waals surface area contributed by atoms with E-state index in [4.69, 9.17) is 5.73 Å². The van der Waals surface area contributed by atoms with Crippen LogP contribution in [-0.4, -0.2) is 0 Å². The van der Waals surface area contributed by atoms with Crippen molar-refractivity contribution in [1.82, 2.24) is 0 Å². The molecule has 1 aliphatic carbocycles. The molecule has 2 N–H and O–H groups in total. The summed E-state index contributed by atoms with van der Waals surface area (Å²) in [4.78, 5) is 0. The summed E-state index contributed by atoms with van der Waals surface area (Å²) in [5.41, 5.74) is 13.1. The molecule has 1 aliphatic rings. The summed E-state index contributed by atoms with van der Waals surface area (Å²) < 4.78 is 0. The molecule has 0 aromatic heterocycles. The first-order chi connectivity index (χ1) is 9.65. The lowest BCUT2D eigenvalue weighted by Gasteiger charge is -2.11. The second kappa shape index (κ2) is 5.41. The average molecular weight is 265 g/mol. The molecule has 0 fully saturated rings. The number of hydrogen-bond donors (Lipinski definition) is 1. The van der Waals surface area contributed by atoms with E-state index < -0.39 is 0 Å². The van der Waals surface area contributed by atoms with Crippen molar-refractivity contribution < 1.29 is 0 Å². The quantitative estimate of drug-likeness (QED) is 0.869. The normalized spacial score (nSPS) is 17.5. The van der Waals surface area contributed by atoms with Crippen LogP contribution in [0.15, 0.2) is 42.5 Å². The third-order valence-electron chi connectivity index (χ3n) is 4.23. The van der Waals surface area contributed by atoms with Crippen LogP contribution in [0.4, 0.5) is 0 Å². The maximum atomic E-state index is 6.17. The molecule has 2 aromatic rings. The Balaban J connectivity index is 1.94. The predicted molar refractivity (Wildman–Crippen MR) is 85.7 cm³/mol. The molecule has 1 heteroatoms. The molecule has 0 heterocycles. The standard InChI is InChI=1S/C19H23N/c1-13(2)12-14-6-8-15(9-7-14)16-4-3-5-18-17(16)10-11-19(18)20/h3-9,13,19H,10-12,20H2,1-2H3. The number of fused-ring (bicyclic) bond motifs is 1. The Hall–Kier alpha value is -1.60. The lowest BCUT2D eigenvalue weighted by atomic mass is 9.94. The molecule has 1 unspecified atom stereocenters. The minimum absolute atomic E-state index is 0.227. The van der Waals surface area contributed by atoms with Gasteiger partial charge in [-0.15, -0.1) is 0 Å². The van der Waals surface area contributed by atoms with Crippen molar-refractivity contribution in [1.29, 1.82) is 0 Å². The average Bonchev–Trinajstić information content (AvgIpc) is 2.81. The summed E-state index contributed by atoms with van der Waals surface area (Å²) in [6.45, 7) is 4.53. The van der Waals surface area contributed by atoms with E-state index in [9.17, 15) is 0 Å². The van der Waals surface area contributed by atoms with Crippen LogP contribution in [0, 0.1) is 5.92 Å². The number of benzene rings is 2. The Bertz CT molecular complexity index is 596. The fraction of sp³-hybridized carbons (Fsp3) is 0.368. The zero-order valence-corrected chi connectivity index (χ0v) is 12.4. The van der Waals surface area contributed by atoms with E-state index in [1.807, 2.05) is 0 Å². The molecule has 0 spiro atoms. The summed E-state index contributed by atoms with van der Waals surface area (Å²) >= 11 is 0. The summed E-state index contributed by atoms with van der Waals surface area (Å²) in [6, 6.07) is 15.8. The van der Waals surface area contributed by atoms with Gasteiger partial charge >= 0.3 is 0 Å². The van der Waals surface area contributed by atoms with Crippen molar-refractivity contribution >= 4 is 0 Å². The largest absolute Gasteiger partial charge is 0.324 e. The lowest BCUT2D eigenvalue weighted by molar-refractivity contribution is 0.647. The Morgan fingerprint density at radius 1 is 1.10 bits per heavy atom. The molecule has 0 saturated carbocycles. The lowest BCUT2D eigenvalue weighted by Crippen LogP contribution is -2.04. The fourth-order valence-electron chi connectivity index (χ4n) is 3.25. The smallest absolute Gasteiger partial charge is 0.0300 e. The molecular formula is C19H23N. The van der Waals surface area contributed by atoms with Gasteiger partial charge in [-0.25, -0.2) is 0 Å². The van der Waals surface area contributed by atoms with Crippen LogP contribution in [0.5, 0.6) is 0 Å². The first kappa shape index (κ1) is 13.4. The van der Waals surface area contributed by atoms with Crippen LogP contribution in [0.25, 0.3) is 11.1 Å². The summed E-state index contributed by atoms with van der Waals surface area (Å²) in [5.74, 6) is 0.708. The molecular weight excluding hydrogens is 242 g/mol. The van der Waals surface area contributed by atoms with Crippen LogP contribution < -0.4 is 5.73 Å². The van der Waals surface area contributed by atoms with E-state index >= 15 is 0 Å². The molecule has 1 atom stereocenters. The van der Waals surface area contributed by atoms with E-state index in [-0.39, 0.29) is 6.04 Å². The second-order valence-electron chi connectivity index (χ2n) is 6.31. The molecule has 0 amide bonds. The van der Waals surface area contributed by atoms with Gasteiger partial charge in [0.05, 0.1) is 0 Å². The Labute approximate surface area is 121 Å². The maximum absolute atomic E-state index is 6.17. The zero-order valence-electron chi connectivity index (χ0n) is 12.4. The number of rotatable bonds is 3. The van der Waals surface area contributed by atoms with Crippen molar-refractivity contribution in [3.05, 3.63) is 59.2 Å². The molecule has 0 radical (unpaired) electrons. The van der Waals surface area contributed by atoms with E-state index in [0.29, 0.717) is 5.92 Å². The van der Waals surface area contributed by atoms with Gasteiger partial charge in [-0.2, -0.15) is 0 Å². The van der Waals surface area contributed by atoms with Crippen molar-refractivity contribution in [2.24, 2.45) is 11.7 Å². The maximum Gasteiger partial charge on any atom is 0.0300 e. The summed E-state index contributed by atoms with van der Waals surface area (Å²) in [6.07, 6.45) is 3.34. The van der Waals surface area contributed by atoms with E-state index in [1.54, 1.807) is 0 Å². The van der Waals surface area contributed by atoms with Gasteiger partial charge in [-0.05, 0) is 53.0 Å². The van der Waals surface area contributed by atoms with Gasteiger partial charge in [0, 0.05) is 6.04 Å². The molecule has 0 bridgehead atoms. The van der Waals surface area contributed by atoms with Gasteiger partial charge in [-0.3, -0.25) is 0 Å². The van der Waals surface area contributed by atoms with Crippen LogP contribution in [0.2, 0.25) is 0 Å². The van der Waals surface area contributed by atoms with Crippen LogP contribution in [0.3, 0.4) is 0 Å². The molecule has 0 aliphatic heterocycles. The van der Waals surface area contributed by atoms with Gasteiger partial charge in [0.1, 0.15) is 0 Å². The third-order valence-corrected chi connectivity index (χ3v) is 4.23. The summed E-state index contributed by atoms with van der Waals surface area (Å²) in [7, 11) is 0. The second-order valence-corrected chi connectivity index (χ2v) is 6.31. The van der Waals surface area contributed by atoms with Gasteiger partial charge in [-0.1, -0.05) is 56.3 Å².